The van der Waals surface area contributed by atoms with Crippen molar-refractivity contribution < 1.29 is 9.53 Å². The van der Waals surface area contributed by atoms with Crippen molar-refractivity contribution in [1.82, 2.24) is 5.32 Å². The molecular formula is C19H32N4O2. The minimum atomic E-state index is -0.516. The largest absolute Gasteiger partial charge is 0.444 e. The van der Waals surface area contributed by atoms with Gasteiger partial charge in [0.2, 0.25) is 0 Å². The van der Waals surface area contributed by atoms with E-state index in [-0.39, 0.29) is 6.04 Å². The average molecular weight is 348 g/mol. The van der Waals surface area contributed by atoms with E-state index in [4.69, 9.17) is 10.5 Å². The molecule has 0 aliphatic carbocycles. The number of benzene rings is 1. The van der Waals surface area contributed by atoms with Crippen LogP contribution in [0.4, 0.5) is 10.5 Å². The molecule has 25 heavy (non-hydrogen) atoms. The Morgan fingerprint density at radius 2 is 2.08 bits per heavy atom. The fourth-order valence-corrected chi connectivity index (χ4v) is 2.27. The third kappa shape index (κ3) is 9.59. The Balaban J connectivity index is 2.65. The highest BCUT2D eigenvalue weighted by atomic mass is 16.6. The van der Waals surface area contributed by atoms with Gasteiger partial charge in [-0.1, -0.05) is 31.9 Å². The minimum Gasteiger partial charge on any atom is -0.444 e. The van der Waals surface area contributed by atoms with Crippen LogP contribution in [0.3, 0.4) is 0 Å². The first kappa shape index (κ1) is 20.8. The molecule has 1 aromatic carbocycles. The van der Waals surface area contributed by atoms with E-state index in [9.17, 15) is 4.79 Å². The second-order valence-electron chi connectivity index (χ2n) is 7.19. The van der Waals surface area contributed by atoms with E-state index < -0.39 is 11.7 Å². The van der Waals surface area contributed by atoms with E-state index in [0.717, 1.165) is 30.5 Å². The number of carbonyl (C=O) groups is 1. The molecule has 1 amide bonds. The van der Waals surface area contributed by atoms with Gasteiger partial charge in [0.1, 0.15) is 5.60 Å². The summed E-state index contributed by atoms with van der Waals surface area (Å²) in [6, 6.07) is 7.83. The van der Waals surface area contributed by atoms with E-state index >= 15 is 0 Å². The maximum atomic E-state index is 11.8. The number of nitrogens with two attached hydrogens (primary N) is 1. The number of hydrogen-bond donors (Lipinski definition) is 3. The van der Waals surface area contributed by atoms with Crippen LogP contribution < -0.4 is 16.4 Å². The molecule has 0 fully saturated rings. The van der Waals surface area contributed by atoms with E-state index in [2.05, 4.69) is 22.5 Å². The van der Waals surface area contributed by atoms with Gasteiger partial charge in [0.25, 0.3) is 0 Å². The third-order valence-electron chi connectivity index (χ3n) is 3.38. The lowest BCUT2D eigenvalue weighted by Gasteiger charge is -2.21. The fraction of sp³-hybridized carbons (Fsp3) is 0.579. The monoisotopic (exact) mass is 348 g/mol. The van der Waals surface area contributed by atoms with E-state index in [1.54, 1.807) is 0 Å². The smallest absolute Gasteiger partial charge is 0.407 e. The Hall–Kier alpha value is -2.24. The van der Waals surface area contributed by atoms with Crippen molar-refractivity contribution in [3.05, 3.63) is 29.8 Å². The molecule has 4 N–H and O–H groups in total. The molecule has 1 rings (SSSR count). The number of rotatable bonds is 7. The Morgan fingerprint density at radius 3 is 2.68 bits per heavy atom. The second kappa shape index (κ2) is 9.91. The Kier molecular flexibility index (Phi) is 8.25. The highest BCUT2D eigenvalue weighted by Crippen LogP contribution is 2.10. The number of aryl methyl sites for hydroxylation is 1. The van der Waals surface area contributed by atoms with E-state index in [0.29, 0.717) is 12.5 Å². The third-order valence-corrected chi connectivity index (χ3v) is 3.38. The lowest BCUT2D eigenvalue weighted by Crippen LogP contribution is -2.37. The molecular weight excluding hydrogens is 316 g/mol. The number of anilines is 1. The molecule has 0 radical (unpaired) electrons. The van der Waals surface area contributed by atoms with E-state index in [1.807, 2.05) is 52.0 Å². The zero-order valence-corrected chi connectivity index (χ0v) is 16.1. The molecule has 140 valence electrons. The maximum absolute atomic E-state index is 11.8. The summed E-state index contributed by atoms with van der Waals surface area (Å²) < 4.78 is 5.26. The molecule has 1 atom stereocenters. The van der Waals surface area contributed by atoms with Crippen LogP contribution in [0, 0.1) is 6.92 Å². The van der Waals surface area contributed by atoms with Gasteiger partial charge in [0, 0.05) is 12.2 Å². The first-order valence-corrected chi connectivity index (χ1v) is 8.83. The Morgan fingerprint density at radius 1 is 1.36 bits per heavy atom. The topological polar surface area (TPSA) is 88.7 Å². The van der Waals surface area contributed by atoms with E-state index in [1.165, 1.54) is 0 Å². The molecule has 0 saturated heterocycles. The van der Waals surface area contributed by atoms with Crippen molar-refractivity contribution in [3.8, 4) is 0 Å². The molecule has 0 saturated carbocycles. The van der Waals surface area contributed by atoms with Crippen molar-refractivity contribution in [2.75, 3.05) is 11.9 Å². The van der Waals surface area contributed by atoms with Crippen molar-refractivity contribution >= 4 is 17.7 Å². The summed E-state index contributed by atoms with van der Waals surface area (Å²) in [6.07, 6.45) is 2.49. The van der Waals surface area contributed by atoms with Crippen molar-refractivity contribution in [1.29, 1.82) is 0 Å². The van der Waals surface area contributed by atoms with Gasteiger partial charge in [-0.3, -0.25) is 0 Å². The van der Waals surface area contributed by atoms with Gasteiger partial charge in [-0.25, -0.2) is 9.79 Å². The SMILES string of the molecule is CCCCC(CNC(=O)OC(C)(C)C)N=C(N)Nc1cccc(C)c1. The Bertz CT molecular complexity index is 579. The van der Waals surface area contributed by atoms with Gasteiger partial charge in [-0.05, 0) is 51.8 Å². The fourth-order valence-electron chi connectivity index (χ4n) is 2.27. The molecule has 0 aromatic heterocycles. The molecule has 6 heteroatoms. The number of carbonyl (C=O) groups excluding carboxylic acids is 1. The number of nitrogens with zero attached hydrogens (tertiary/aromatic N) is 1. The molecule has 6 nitrogen and oxygen atoms in total. The number of ether oxygens (including phenoxy) is 1. The van der Waals surface area contributed by atoms with Crippen LogP contribution in [0.15, 0.2) is 29.3 Å². The predicted octanol–water partition coefficient (Wildman–Crippen LogP) is 3.81. The van der Waals surface area contributed by atoms with Gasteiger partial charge < -0.3 is 21.1 Å². The molecule has 0 aliphatic rings. The normalized spacial score (nSPS) is 13.2. The molecule has 0 spiro atoms. The number of alkyl carbamates (subject to hydrolysis) is 1. The standard InChI is InChI=1S/C19H32N4O2/c1-6-7-10-16(13-21-18(24)25-19(3,4)5)23-17(20)22-15-11-8-9-14(2)12-15/h8-9,11-12,16H,6-7,10,13H2,1-5H3,(H,21,24)(H3,20,22,23). The van der Waals surface area contributed by atoms with Crippen LogP contribution in [0.5, 0.6) is 0 Å². The lowest BCUT2D eigenvalue weighted by atomic mass is 10.1. The zero-order chi connectivity index (χ0) is 18.9. The lowest BCUT2D eigenvalue weighted by molar-refractivity contribution is 0.0524. The number of guanidine groups is 1. The summed E-state index contributed by atoms with van der Waals surface area (Å²) in [6.45, 7) is 10.0. The quantitative estimate of drug-likeness (QED) is 0.516. The molecule has 0 bridgehead atoms. The van der Waals surface area contributed by atoms with Crippen LogP contribution >= 0.6 is 0 Å². The van der Waals surface area contributed by atoms with Crippen molar-refractivity contribution in [2.45, 2.75) is 65.5 Å². The van der Waals surface area contributed by atoms with Gasteiger partial charge in [0.05, 0.1) is 6.04 Å². The van der Waals surface area contributed by atoms with Gasteiger partial charge in [-0.2, -0.15) is 0 Å². The first-order chi connectivity index (χ1) is 11.7. The average Bonchev–Trinajstić information content (AvgIpc) is 2.48. The van der Waals surface area contributed by atoms with Gasteiger partial charge in [-0.15, -0.1) is 0 Å². The van der Waals surface area contributed by atoms with Crippen LogP contribution in [0.1, 0.15) is 52.5 Å². The molecule has 1 aromatic rings. The summed E-state index contributed by atoms with van der Waals surface area (Å²) in [5, 5.41) is 5.87. The summed E-state index contributed by atoms with van der Waals surface area (Å²) in [4.78, 5) is 16.3. The Labute approximate surface area is 151 Å². The number of hydrogen-bond acceptors (Lipinski definition) is 3. The predicted molar refractivity (Wildman–Crippen MR) is 104 cm³/mol. The van der Waals surface area contributed by atoms with Gasteiger partial charge in [0.15, 0.2) is 5.96 Å². The maximum Gasteiger partial charge on any atom is 0.407 e. The second-order valence-corrected chi connectivity index (χ2v) is 7.19. The summed E-state index contributed by atoms with van der Waals surface area (Å²) >= 11 is 0. The molecule has 0 aliphatic heterocycles. The summed E-state index contributed by atoms with van der Waals surface area (Å²) in [7, 11) is 0. The number of unbranched alkanes of at least 4 members (excludes halogenated alkanes) is 1. The van der Waals surface area contributed by atoms with Crippen LogP contribution in [-0.2, 0) is 4.74 Å². The first-order valence-electron chi connectivity index (χ1n) is 8.83. The van der Waals surface area contributed by atoms with Crippen LogP contribution in [-0.4, -0.2) is 30.2 Å². The van der Waals surface area contributed by atoms with Crippen molar-refractivity contribution in [3.63, 3.8) is 0 Å². The minimum absolute atomic E-state index is 0.0928. The summed E-state index contributed by atoms with van der Waals surface area (Å²) in [5.74, 6) is 0.345. The number of aliphatic imine (C=N–C) groups is 1. The van der Waals surface area contributed by atoms with Crippen molar-refractivity contribution in [2.24, 2.45) is 10.7 Å². The van der Waals surface area contributed by atoms with Crippen LogP contribution in [0.25, 0.3) is 0 Å². The molecule has 0 heterocycles. The zero-order valence-electron chi connectivity index (χ0n) is 16.1. The number of nitrogens with one attached hydrogen (secondary N) is 2. The van der Waals surface area contributed by atoms with Gasteiger partial charge >= 0.3 is 6.09 Å². The highest BCUT2D eigenvalue weighted by Gasteiger charge is 2.17. The summed E-state index contributed by atoms with van der Waals surface area (Å²) in [5.41, 5.74) is 7.56. The highest BCUT2D eigenvalue weighted by molar-refractivity contribution is 5.92. The number of amides is 1. The van der Waals surface area contributed by atoms with Crippen LogP contribution in [0.2, 0.25) is 0 Å². The molecule has 1 unspecified atom stereocenters.